The van der Waals surface area contributed by atoms with Crippen LogP contribution in [-0.4, -0.2) is 62.8 Å². The van der Waals surface area contributed by atoms with Crippen LogP contribution in [0.1, 0.15) is 55.3 Å². The lowest BCUT2D eigenvalue weighted by Crippen LogP contribution is -2.52. The Morgan fingerprint density at radius 2 is 1.79 bits per heavy atom. The first-order chi connectivity index (χ1) is 13.9. The highest BCUT2D eigenvalue weighted by Crippen LogP contribution is 2.37. The number of carbonyl (C=O) groups excluding carboxylic acids is 1. The molecule has 0 aromatic heterocycles. The molecule has 1 unspecified atom stereocenters. The molecule has 4 rings (SSSR count). The van der Waals surface area contributed by atoms with E-state index in [9.17, 15) is 13.2 Å². The van der Waals surface area contributed by atoms with Crippen molar-refractivity contribution < 1.29 is 13.2 Å². The van der Waals surface area contributed by atoms with Crippen LogP contribution in [0.4, 0.5) is 0 Å². The van der Waals surface area contributed by atoms with Gasteiger partial charge in [0.2, 0.25) is 10.0 Å². The van der Waals surface area contributed by atoms with E-state index >= 15 is 0 Å². The lowest BCUT2D eigenvalue weighted by molar-refractivity contribution is 0.0434. The fourth-order valence-electron chi connectivity index (χ4n) is 5.01. The lowest BCUT2D eigenvalue weighted by Gasteiger charge is -2.45. The molecule has 1 aromatic carbocycles. The fraction of sp³-hybridized carbons (Fsp3) is 0.667. The zero-order valence-electron chi connectivity index (χ0n) is 16.8. The summed E-state index contributed by atoms with van der Waals surface area (Å²) in [6, 6.07) is 4.55. The molecule has 1 atom stereocenters. The molecule has 29 heavy (non-hydrogen) atoms. The van der Waals surface area contributed by atoms with E-state index in [2.05, 4.69) is 5.32 Å². The van der Waals surface area contributed by atoms with Crippen molar-refractivity contribution in [2.24, 2.45) is 5.41 Å². The van der Waals surface area contributed by atoms with Crippen molar-refractivity contribution in [2.45, 2.75) is 49.8 Å². The van der Waals surface area contributed by atoms with Crippen LogP contribution < -0.4 is 5.32 Å². The molecular formula is C21H30ClN3O3S. The van der Waals surface area contributed by atoms with E-state index in [0.29, 0.717) is 36.8 Å². The minimum absolute atomic E-state index is 0.135. The molecular weight excluding hydrogens is 410 g/mol. The van der Waals surface area contributed by atoms with Crippen LogP contribution in [0.15, 0.2) is 23.1 Å². The standard InChI is InChI=1S/C21H30ClN3O3S/c22-19-7-6-17(29(27,28)25-12-2-1-3-13-25)14-18(19)20(26)24-11-5-9-21(16-24)8-4-10-23-15-21/h6-7,14,23H,1-5,8-13,15-16H2. The second-order valence-corrected chi connectivity index (χ2v) is 11.1. The molecule has 0 aliphatic carbocycles. The van der Waals surface area contributed by atoms with Crippen molar-refractivity contribution in [1.29, 1.82) is 0 Å². The number of rotatable bonds is 3. The van der Waals surface area contributed by atoms with Crippen LogP contribution in [0, 0.1) is 5.41 Å². The lowest BCUT2D eigenvalue weighted by atomic mass is 9.74. The van der Waals surface area contributed by atoms with Gasteiger partial charge in [-0.05, 0) is 63.3 Å². The smallest absolute Gasteiger partial charge is 0.255 e. The SMILES string of the molecule is O=C(c1cc(S(=O)(=O)N2CCCCC2)ccc1Cl)N1CCCC2(CCCNC2)C1. The summed E-state index contributed by atoms with van der Waals surface area (Å²) in [5.41, 5.74) is 0.432. The van der Waals surface area contributed by atoms with Crippen LogP contribution in [0.3, 0.4) is 0 Å². The Kier molecular flexibility index (Phi) is 6.21. The van der Waals surface area contributed by atoms with E-state index in [0.717, 1.165) is 58.0 Å². The Labute approximate surface area is 178 Å². The molecule has 0 saturated carbocycles. The third-order valence-corrected chi connectivity index (χ3v) is 8.85. The average Bonchev–Trinajstić information content (AvgIpc) is 2.74. The Morgan fingerprint density at radius 3 is 2.52 bits per heavy atom. The summed E-state index contributed by atoms with van der Waals surface area (Å²) in [7, 11) is -3.60. The van der Waals surface area contributed by atoms with Crippen LogP contribution in [0.25, 0.3) is 0 Å². The molecule has 0 bridgehead atoms. The number of amides is 1. The number of likely N-dealkylation sites (tertiary alicyclic amines) is 1. The van der Waals surface area contributed by atoms with Gasteiger partial charge in [-0.25, -0.2) is 8.42 Å². The van der Waals surface area contributed by atoms with Crippen molar-refractivity contribution in [3.63, 3.8) is 0 Å². The van der Waals surface area contributed by atoms with E-state index < -0.39 is 10.0 Å². The Bertz CT molecular complexity index is 856. The largest absolute Gasteiger partial charge is 0.338 e. The van der Waals surface area contributed by atoms with Gasteiger partial charge >= 0.3 is 0 Å². The van der Waals surface area contributed by atoms with Gasteiger partial charge in [0.1, 0.15) is 0 Å². The van der Waals surface area contributed by atoms with Gasteiger partial charge in [-0.3, -0.25) is 4.79 Å². The number of carbonyl (C=O) groups is 1. The van der Waals surface area contributed by atoms with Gasteiger partial charge in [0.15, 0.2) is 0 Å². The monoisotopic (exact) mass is 439 g/mol. The predicted molar refractivity (Wildman–Crippen MR) is 114 cm³/mol. The molecule has 3 fully saturated rings. The summed E-state index contributed by atoms with van der Waals surface area (Å²) in [5, 5.41) is 3.79. The summed E-state index contributed by atoms with van der Waals surface area (Å²) in [6.07, 6.45) is 7.16. The molecule has 1 amide bonds. The maximum absolute atomic E-state index is 13.3. The highest BCUT2D eigenvalue weighted by Gasteiger charge is 2.38. The van der Waals surface area contributed by atoms with Gasteiger partial charge in [-0.1, -0.05) is 18.0 Å². The number of nitrogens with one attached hydrogen (secondary N) is 1. The summed E-state index contributed by atoms with van der Waals surface area (Å²) >= 11 is 6.36. The predicted octanol–water partition coefficient (Wildman–Crippen LogP) is 3.12. The Morgan fingerprint density at radius 1 is 1.03 bits per heavy atom. The number of piperidine rings is 3. The normalized spacial score (nSPS) is 26.6. The maximum atomic E-state index is 13.3. The summed E-state index contributed by atoms with van der Waals surface area (Å²) in [6.45, 7) is 4.45. The highest BCUT2D eigenvalue weighted by molar-refractivity contribution is 7.89. The van der Waals surface area contributed by atoms with E-state index in [1.54, 1.807) is 6.07 Å². The summed E-state index contributed by atoms with van der Waals surface area (Å²) in [4.78, 5) is 15.3. The first-order valence-corrected chi connectivity index (χ1v) is 12.5. The number of sulfonamides is 1. The molecule has 3 heterocycles. The molecule has 1 aromatic rings. The number of benzene rings is 1. The second kappa shape index (κ2) is 8.53. The van der Waals surface area contributed by atoms with Gasteiger partial charge in [0, 0.05) is 38.1 Å². The van der Waals surface area contributed by atoms with Crippen molar-refractivity contribution in [2.75, 3.05) is 39.3 Å². The first kappa shape index (κ1) is 21.1. The van der Waals surface area contributed by atoms with Gasteiger partial charge in [0.05, 0.1) is 15.5 Å². The molecule has 3 aliphatic rings. The highest BCUT2D eigenvalue weighted by atomic mass is 35.5. The molecule has 160 valence electrons. The van der Waals surface area contributed by atoms with Crippen LogP contribution in [-0.2, 0) is 10.0 Å². The van der Waals surface area contributed by atoms with Crippen molar-refractivity contribution >= 4 is 27.5 Å². The zero-order valence-corrected chi connectivity index (χ0v) is 18.4. The maximum Gasteiger partial charge on any atom is 0.255 e. The quantitative estimate of drug-likeness (QED) is 0.785. The first-order valence-electron chi connectivity index (χ1n) is 10.7. The van der Waals surface area contributed by atoms with Gasteiger partial charge in [0.25, 0.3) is 5.91 Å². The van der Waals surface area contributed by atoms with E-state index in [1.165, 1.54) is 16.4 Å². The molecule has 8 heteroatoms. The molecule has 0 radical (unpaired) electrons. The minimum atomic E-state index is -3.60. The second-order valence-electron chi connectivity index (χ2n) is 8.72. The van der Waals surface area contributed by atoms with Crippen molar-refractivity contribution in [3.05, 3.63) is 28.8 Å². The molecule has 3 saturated heterocycles. The Hall–Kier alpha value is -1.15. The van der Waals surface area contributed by atoms with Crippen LogP contribution >= 0.6 is 11.6 Å². The fourth-order valence-corrected chi connectivity index (χ4v) is 6.76. The third kappa shape index (κ3) is 4.33. The number of hydrogen-bond acceptors (Lipinski definition) is 4. The molecule has 1 N–H and O–H groups in total. The van der Waals surface area contributed by atoms with Crippen molar-refractivity contribution in [1.82, 2.24) is 14.5 Å². The summed E-state index contributed by atoms with van der Waals surface area (Å²) < 4.78 is 27.6. The minimum Gasteiger partial charge on any atom is -0.338 e. The van der Waals surface area contributed by atoms with Gasteiger partial charge in [-0.15, -0.1) is 0 Å². The van der Waals surface area contributed by atoms with E-state index in [-0.39, 0.29) is 16.2 Å². The zero-order chi connectivity index (χ0) is 20.5. The van der Waals surface area contributed by atoms with Crippen molar-refractivity contribution in [3.8, 4) is 0 Å². The third-order valence-electron chi connectivity index (χ3n) is 6.63. The van der Waals surface area contributed by atoms with Gasteiger partial charge < -0.3 is 10.2 Å². The van der Waals surface area contributed by atoms with Gasteiger partial charge in [-0.2, -0.15) is 4.31 Å². The molecule has 1 spiro atoms. The van der Waals surface area contributed by atoms with Crippen LogP contribution in [0.5, 0.6) is 0 Å². The van der Waals surface area contributed by atoms with E-state index in [1.807, 2.05) is 4.90 Å². The topological polar surface area (TPSA) is 69.7 Å². The Balaban J connectivity index is 1.58. The molecule has 3 aliphatic heterocycles. The molecule has 6 nitrogen and oxygen atoms in total. The average molecular weight is 440 g/mol. The summed E-state index contributed by atoms with van der Waals surface area (Å²) in [5.74, 6) is -0.157. The number of hydrogen-bond donors (Lipinski definition) is 1. The van der Waals surface area contributed by atoms with E-state index in [4.69, 9.17) is 11.6 Å². The number of halogens is 1. The van der Waals surface area contributed by atoms with Crippen LogP contribution in [0.2, 0.25) is 5.02 Å². The number of nitrogens with zero attached hydrogens (tertiary/aromatic N) is 2.